The molecule has 0 unspecified atom stereocenters. The fraction of sp³-hybridized carbons (Fsp3) is 0.154. The Bertz CT molecular complexity index is 1580. The fourth-order valence-corrected chi connectivity index (χ4v) is 4.77. The van der Waals surface area contributed by atoms with Gasteiger partial charge in [0.1, 0.15) is 0 Å². The SMILES string of the molecule is Cc1ccc(-n2c(=O)c3ccccc3n3c(SCC(=O)c4cc(C)ccc4C)nnc23)cc1. The number of para-hydroxylation sites is 1. The van der Waals surface area contributed by atoms with Crippen molar-refractivity contribution in [2.75, 3.05) is 5.75 Å². The molecule has 6 nitrogen and oxygen atoms in total. The normalized spacial score (nSPS) is 11.4. The highest BCUT2D eigenvalue weighted by Gasteiger charge is 2.19. The Hall–Kier alpha value is -3.71. The van der Waals surface area contributed by atoms with Gasteiger partial charge in [0.15, 0.2) is 10.9 Å². The van der Waals surface area contributed by atoms with Crippen LogP contribution in [0.25, 0.3) is 22.4 Å². The molecule has 0 atom stereocenters. The van der Waals surface area contributed by atoms with E-state index >= 15 is 0 Å². The summed E-state index contributed by atoms with van der Waals surface area (Å²) in [5, 5.41) is 9.85. The maximum atomic E-state index is 13.4. The van der Waals surface area contributed by atoms with E-state index in [2.05, 4.69) is 10.2 Å². The molecule has 0 saturated heterocycles. The highest BCUT2D eigenvalue weighted by Crippen LogP contribution is 2.24. The van der Waals surface area contributed by atoms with Crippen LogP contribution in [0.15, 0.2) is 76.7 Å². The highest BCUT2D eigenvalue weighted by atomic mass is 32.2. The van der Waals surface area contributed by atoms with Gasteiger partial charge in [-0.1, -0.05) is 59.3 Å². The van der Waals surface area contributed by atoms with Gasteiger partial charge < -0.3 is 0 Å². The number of aromatic nitrogens is 4. The van der Waals surface area contributed by atoms with Crippen LogP contribution in [0, 0.1) is 20.8 Å². The van der Waals surface area contributed by atoms with Crippen LogP contribution in [-0.4, -0.2) is 30.7 Å². The Balaban J connectivity index is 1.63. The van der Waals surface area contributed by atoms with Gasteiger partial charge in [-0.25, -0.2) is 4.57 Å². The monoisotopic (exact) mass is 454 g/mol. The molecule has 0 N–H and O–H groups in total. The number of hydrogen-bond acceptors (Lipinski definition) is 5. The molecule has 5 aromatic rings. The molecule has 0 amide bonds. The van der Waals surface area contributed by atoms with Crippen LogP contribution < -0.4 is 5.56 Å². The molecule has 5 rings (SSSR count). The quantitative estimate of drug-likeness (QED) is 0.278. The maximum Gasteiger partial charge on any atom is 0.267 e. The molecule has 0 fully saturated rings. The first-order valence-electron chi connectivity index (χ1n) is 10.6. The molecule has 164 valence electrons. The minimum atomic E-state index is -0.155. The number of rotatable bonds is 5. The second-order valence-corrected chi connectivity index (χ2v) is 9.08. The van der Waals surface area contributed by atoms with Gasteiger partial charge in [0, 0.05) is 5.56 Å². The van der Waals surface area contributed by atoms with Crippen molar-refractivity contribution in [3.8, 4) is 5.69 Å². The molecule has 33 heavy (non-hydrogen) atoms. The summed E-state index contributed by atoms with van der Waals surface area (Å²) in [7, 11) is 0. The summed E-state index contributed by atoms with van der Waals surface area (Å²) in [6.45, 7) is 5.92. The van der Waals surface area contributed by atoms with Crippen LogP contribution in [0.4, 0.5) is 0 Å². The average Bonchev–Trinajstić information content (AvgIpc) is 3.24. The lowest BCUT2D eigenvalue weighted by Gasteiger charge is -2.11. The lowest BCUT2D eigenvalue weighted by molar-refractivity contribution is 0.102. The van der Waals surface area contributed by atoms with Crippen molar-refractivity contribution in [1.29, 1.82) is 0 Å². The largest absolute Gasteiger partial charge is 0.293 e. The van der Waals surface area contributed by atoms with Gasteiger partial charge >= 0.3 is 0 Å². The van der Waals surface area contributed by atoms with E-state index in [0.29, 0.717) is 21.8 Å². The first-order chi connectivity index (χ1) is 15.9. The number of hydrogen-bond donors (Lipinski definition) is 0. The number of nitrogens with zero attached hydrogens (tertiary/aromatic N) is 4. The number of ketones is 1. The molecule has 3 aromatic carbocycles. The molecule has 0 radical (unpaired) electrons. The molecule has 0 spiro atoms. The summed E-state index contributed by atoms with van der Waals surface area (Å²) in [5.74, 6) is 0.682. The van der Waals surface area contributed by atoms with E-state index in [1.807, 2.05) is 85.8 Å². The van der Waals surface area contributed by atoms with E-state index in [0.717, 1.165) is 27.9 Å². The van der Waals surface area contributed by atoms with Crippen LogP contribution in [-0.2, 0) is 0 Å². The van der Waals surface area contributed by atoms with Gasteiger partial charge in [-0.15, -0.1) is 10.2 Å². The van der Waals surface area contributed by atoms with Crippen molar-refractivity contribution in [1.82, 2.24) is 19.2 Å². The summed E-state index contributed by atoms with van der Waals surface area (Å²) < 4.78 is 3.43. The van der Waals surface area contributed by atoms with Crippen molar-refractivity contribution >= 4 is 34.2 Å². The summed E-state index contributed by atoms with van der Waals surface area (Å²) >= 11 is 1.33. The Morgan fingerprint density at radius 2 is 1.64 bits per heavy atom. The predicted molar refractivity (Wildman–Crippen MR) is 132 cm³/mol. The zero-order valence-corrected chi connectivity index (χ0v) is 19.4. The third-order valence-electron chi connectivity index (χ3n) is 5.71. The molecule has 0 bridgehead atoms. The number of carbonyl (C=O) groups excluding carboxylic acids is 1. The molecule has 0 aliphatic carbocycles. The smallest absolute Gasteiger partial charge is 0.267 e. The van der Waals surface area contributed by atoms with E-state index in [4.69, 9.17) is 0 Å². The van der Waals surface area contributed by atoms with E-state index in [-0.39, 0.29) is 17.1 Å². The lowest BCUT2D eigenvalue weighted by Crippen LogP contribution is -2.21. The van der Waals surface area contributed by atoms with Gasteiger partial charge in [-0.3, -0.25) is 14.0 Å². The Labute approximate surface area is 194 Å². The van der Waals surface area contributed by atoms with Crippen LogP contribution >= 0.6 is 11.8 Å². The minimum Gasteiger partial charge on any atom is -0.293 e. The third-order valence-corrected chi connectivity index (χ3v) is 6.64. The zero-order chi connectivity index (χ0) is 23.1. The molecule has 7 heteroatoms. The number of benzene rings is 3. The second-order valence-electron chi connectivity index (χ2n) is 8.14. The van der Waals surface area contributed by atoms with Crippen molar-refractivity contribution in [2.24, 2.45) is 0 Å². The average molecular weight is 455 g/mol. The summed E-state index contributed by atoms with van der Waals surface area (Å²) in [5.41, 5.74) is 5.11. The molecule has 2 heterocycles. The topological polar surface area (TPSA) is 69.3 Å². The number of aryl methyl sites for hydroxylation is 3. The maximum absolute atomic E-state index is 13.4. The van der Waals surface area contributed by atoms with Crippen molar-refractivity contribution in [3.63, 3.8) is 0 Å². The number of Topliss-reactive ketones (excluding diaryl/α,β-unsaturated/α-hetero) is 1. The Kier molecular flexibility index (Phi) is 5.34. The predicted octanol–water partition coefficient (Wildman–Crippen LogP) is 4.93. The van der Waals surface area contributed by atoms with E-state index < -0.39 is 0 Å². The lowest BCUT2D eigenvalue weighted by atomic mass is 10.0. The number of fused-ring (bicyclic) bond motifs is 3. The molecular formula is C26H22N4O2S. The molecule has 2 aromatic heterocycles. The van der Waals surface area contributed by atoms with E-state index in [9.17, 15) is 9.59 Å². The molecular weight excluding hydrogens is 432 g/mol. The molecule has 0 saturated carbocycles. The van der Waals surface area contributed by atoms with Gasteiger partial charge in [0.25, 0.3) is 5.56 Å². The van der Waals surface area contributed by atoms with Gasteiger partial charge in [-0.2, -0.15) is 0 Å². The number of carbonyl (C=O) groups is 1. The van der Waals surface area contributed by atoms with Crippen LogP contribution in [0.5, 0.6) is 0 Å². The second kappa shape index (κ2) is 8.33. The number of thioether (sulfide) groups is 1. The van der Waals surface area contributed by atoms with Crippen LogP contribution in [0.2, 0.25) is 0 Å². The van der Waals surface area contributed by atoms with E-state index in [1.165, 1.54) is 11.8 Å². The standard InChI is InChI=1S/C26H22N4O2S/c1-16-9-12-19(13-10-16)29-24(32)20-6-4-5-7-22(20)30-25(29)27-28-26(30)33-15-23(31)21-14-17(2)8-11-18(21)3/h4-14H,15H2,1-3H3. The summed E-state index contributed by atoms with van der Waals surface area (Å²) in [6.07, 6.45) is 0. The first kappa shape index (κ1) is 21.2. The van der Waals surface area contributed by atoms with Crippen molar-refractivity contribution in [3.05, 3.63) is 99.3 Å². The van der Waals surface area contributed by atoms with Crippen molar-refractivity contribution < 1.29 is 4.79 Å². The van der Waals surface area contributed by atoms with Gasteiger partial charge in [0.05, 0.1) is 22.3 Å². The molecule has 0 aliphatic rings. The zero-order valence-electron chi connectivity index (χ0n) is 18.6. The fourth-order valence-electron chi connectivity index (χ4n) is 3.94. The minimum absolute atomic E-state index is 0.0362. The summed E-state index contributed by atoms with van der Waals surface area (Å²) in [6, 6.07) is 21.0. The van der Waals surface area contributed by atoms with Crippen LogP contribution in [0.3, 0.4) is 0 Å². The van der Waals surface area contributed by atoms with Crippen molar-refractivity contribution in [2.45, 2.75) is 25.9 Å². The Morgan fingerprint density at radius 1 is 0.909 bits per heavy atom. The molecule has 0 aliphatic heterocycles. The first-order valence-corrected chi connectivity index (χ1v) is 11.6. The van der Waals surface area contributed by atoms with E-state index in [1.54, 1.807) is 10.6 Å². The van der Waals surface area contributed by atoms with Gasteiger partial charge in [0.2, 0.25) is 5.78 Å². The van der Waals surface area contributed by atoms with Gasteiger partial charge in [-0.05, 0) is 56.7 Å². The highest BCUT2D eigenvalue weighted by molar-refractivity contribution is 7.99. The Morgan fingerprint density at radius 3 is 2.42 bits per heavy atom. The van der Waals surface area contributed by atoms with Crippen LogP contribution in [0.1, 0.15) is 27.0 Å². The summed E-state index contributed by atoms with van der Waals surface area (Å²) in [4.78, 5) is 26.3. The third kappa shape index (κ3) is 3.74.